The summed E-state index contributed by atoms with van der Waals surface area (Å²) in [6, 6.07) is 7.90. The van der Waals surface area contributed by atoms with Crippen molar-refractivity contribution < 1.29 is 19.4 Å². The van der Waals surface area contributed by atoms with Gasteiger partial charge in [0.1, 0.15) is 11.1 Å². The molecule has 1 amide bonds. The summed E-state index contributed by atoms with van der Waals surface area (Å²) in [7, 11) is 1.48. The molecule has 1 aromatic heterocycles. The topological polar surface area (TPSA) is 79.7 Å². The number of aliphatic carboxylic acids is 1. The Labute approximate surface area is 156 Å². The molecule has 2 aromatic rings. The molecule has 0 unspecified atom stereocenters. The largest absolute Gasteiger partial charge is 0.477 e. The van der Waals surface area contributed by atoms with Gasteiger partial charge in [0, 0.05) is 18.6 Å². The standard InChI is InChI=1S/C16H14N2O4S3/c1-22-12-13(19)18-11(15(20)21)8(6-23-14(12)18)7-24-16-17-9-4-2-3-5-10(9)25-16/h2-5,12,14H,6-7H2,1H3,(H,20,21)/t12-,14+/m0/s1. The molecule has 0 saturated carbocycles. The van der Waals surface area contributed by atoms with Gasteiger partial charge in [-0.1, -0.05) is 23.9 Å². The summed E-state index contributed by atoms with van der Waals surface area (Å²) in [5.41, 5.74) is 1.80. The van der Waals surface area contributed by atoms with Crippen molar-refractivity contribution in [3.8, 4) is 0 Å². The third kappa shape index (κ3) is 2.84. The van der Waals surface area contributed by atoms with E-state index in [1.807, 2.05) is 24.3 Å². The molecule has 4 rings (SSSR count). The molecule has 0 spiro atoms. The van der Waals surface area contributed by atoms with Crippen molar-refractivity contribution in [2.24, 2.45) is 0 Å². The molecule has 0 bridgehead atoms. The second-order valence-corrected chi connectivity index (χ2v) is 8.92. The van der Waals surface area contributed by atoms with E-state index in [0.717, 1.165) is 20.1 Å². The van der Waals surface area contributed by atoms with Crippen LogP contribution in [0.4, 0.5) is 0 Å². The van der Waals surface area contributed by atoms with E-state index in [1.54, 1.807) is 23.1 Å². The molecule has 1 aromatic carbocycles. The Morgan fingerprint density at radius 2 is 2.28 bits per heavy atom. The van der Waals surface area contributed by atoms with E-state index in [2.05, 4.69) is 4.98 Å². The van der Waals surface area contributed by atoms with Gasteiger partial charge in [-0.25, -0.2) is 9.78 Å². The van der Waals surface area contributed by atoms with Gasteiger partial charge in [0.2, 0.25) is 0 Å². The summed E-state index contributed by atoms with van der Waals surface area (Å²) in [4.78, 5) is 29.8. The minimum atomic E-state index is -1.06. The third-order valence-corrected chi connectivity index (χ3v) is 7.68. The summed E-state index contributed by atoms with van der Waals surface area (Å²) in [5.74, 6) is -0.260. The van der Waals surface area contributed by atoms with E-state index in [-0.39, 0.29) is 17.0 Å². The lowest BCUT2D eigenvalue weighted by molar-refractivity contribution is -0.162. The van der Waals surface area contributed by atoms with Crippen LogP contribution in [0.25, 0.3) is 10.2 Å². The van der Waals surface area contributed by atoms with Crippen LogP contribution in [-0.4, -0.2) is 57.0 Å². The molecular weight excluding hydrogens is 380 g/mol. The number of amides is 1. The normalized spacial score (nSPS) is 22.9. The molecule has 6 nitrogen and oxygen atoms in total. The first-order valence-corrected chi connectivity index (χ1v) is 10.4. The third-order valence-electron chi connectivity index (χ3n) is 4.10. The van der Waals surface area contributed by atoms with E-state index in [9.17, 15) is 14.7 Å². The number of para-hydroxylation sites is 1. The number of carbonyl (C=O) groups excluding carboxylic acids is 1. The number of nitrogens with zero attached hydrogens (tertiary/aromatic N) is 2. The van der Waals surface area contributed by atoms with Crippen LogP contribution in [0.3, 0.4) is 0 Å². The van der Waals surface area contributed by atoms with Crippen LogP contribution in [0.5, 0.6) is 0 Å². The van der Waals surface area contributed by atoms with Gasteiger partial charge in [-0.3, -0.25) is 9.69 Å². The van der Waals surface area contributed by atoms with Gasteiger partial charge in [-0.15, -0.1) is 23.1 Å². The number of ether oxygens (including phenoxy) is 1. The SMILES string of the molecule is CO[C@H]1C(=O)N2C(C(=O)O)=C(CSc3nc4ccccc4s3)CS[C@H]12. The molecule has 3 heterocycles. The Morgan fingerprint density at radius 1 is 1.48 bits per heavy atom. The van der Waals surface area contributed by atoms with Crippen LogP contribution < -0.4 is 0 Å². The van der Waals surface area contributed by atoms with Crippen molar-refractivity contribution in [3.05, 3.63) is 35.5 Å². The highest BCUT2D eigenvalue weighted by Gasteiger charge is 2.53. The maximum absolute atomic E-state index is 12.2. The van der Waals surface area contributed by atoms with Crippen molar-refractivity contribution >= 4 is 57.0 Å². The smallest absolute Gasteiger partial charge is 0.352 e. The van der Waals surface area contributed by atoms with Gasteiger partial charge >= 0.3 is 5.97 Å². The maximum atomic E-state index is 12.2. The number of thioether (sulfide) groups is 2. The summed E-state index contributed by atoms with van der Waals surface area (Å²) < 4.78 is 7.16. The number of methoxy groups -OCH3 is 1. The second kappa shape index (κ2) is 6.64. The predicted octanol–water partition coefficient (Wildman–Crippen LogP) is 2.66. The Kier molecular flexibility index (Phi) is 4.48. The van der Waals surface area contributed by atoms with Gasteiger partial charge in [-0.2, -0.15) is 0 Å². The van der Waals surface area contributed by atoms with E-state index in [1.165, 1.54) is 23.8 Å². The highest BCUT2D eigenvalue weighted by atomic mass is 32.2. The highest BCUT2D eigenvalue weighted by Crippen LogP contribution is 2.42. The van der Waals surface area contributed by atoms with Crippen LogP contribution in [0.2, 0.25) is 0 Å². The van der Waals surface area contributed by atoms with Crippen LogP contribution in [0.1, 0.15) is 0 Å². The molecule has 9 heteroatoms. The number of hydrogen-bond acceptors (Lipinski definition) is 7. The van der Waals surface area contributed by atoms with Crippen molar-refractivity contribution in [3.63, 3.8) is 0 Å². The summed E-state index contributed by atoms with van der Waals surface area (Å²) in [6.45, 7) is 0. The second-order valence-electron chi connectivity index (χ2n) is 5.56. The lowest BCUT2D eigenvalue weighted by Crippen LogP contribution is -2.65. The summed E-state index contributed by atoms with van der Waals surface area (Å²) in [5, 5.41) is 9.36. The molecule has 1 N–H and O–H groups in total. The monoisotopic (exact) mass is 394 g/mol. The summed E-state index contributed by atoms with van der Waals surface area (Å²) in [6.07, 6.45) is -0.544. The molecular formula is C16H14N2O4S3. The number of thiazole rings is 1. The minimum Gasteiger partial charge on any atom is -0.477 e. The minimum absolute atomic E-state index is 0.107. The highest BCUT2D eigenvalue weighted by molar-refractivity contribution is 8.02. The quantitative estimate of drug-likeness (QED) is 0.617. The molecule has 1 saturated heterocycles. The van der Waals surface area contributed by atoms with Crippen LogP contribution in [-0.2, 0) is 14.3 Å². The zero-order valence-electron chi connectivity index (χ0n) is 13.2. The molecule has 130 valence electrons. The van der Waals surface area contributed by atoms with Crippen LogP contribution in [0, 0.1) is 0 Å². The van der Waals surface area contributed by atoms with Crippen LogP contribution >= 0.6 is 34.9 Å². The number of benzene rings is 1. The maximum Gasteiger partial charge on any atom is 0.352 e. The molecule has 1 fully saturated rings. The number of carboxylic acid groups (broad SMARTS) is 1. The number of carbonyl (C=O) groups is 2. The fourth-order valence-corrected chi connectivity index (χ4v) is 6.48. The van der Waals surface area contributed by atoms with E-state index < -0.39 is 12.1 Å². The van der Waals surface area contributed by atoms with Crippen molar-refractivity contribution in [1.82, 2.24) is 9.88 Å². The van der Waals surface area contributed by atoms with E-state index in [4.69, 9.17) is 4.74 Å². The number of fused-ring (bicyclic) bond motifs is 2. The molecule has 0 radical (unpaired) electrons. The van der Waals surface area contributed by atoms with Gasteiger partial charge in [-0.05, 0) is 17.7 Å². The first-order valence-electron chi connectivity index (χ1n) is 7.51. The van der Waals surface area contributed by atoms with Gasteiger partial charge in [0.25, 0.3) is 5.91 Å². The average Bonchev–Trinajstić information content (AvgIpc) is 3.02. The van der Waals surface area contributed by atoms with E-state index >= 15 is 0 Å². The van der Waals surface area contributed by atoms with Gasteiger partial charge in [0.15, 0.2) is 10.4 Å². The van der Waals surface area contributed by atoms with Crippen molar-refractivity contribution in [2.75, 3.05) is 18.6 Å². The number of aromatic nitrogens is 1. The van der Waals surface area contributed by atoms with Crippen molar-refractivity contribution in [1.29, 1.82) is 0 Å². The number of hydrogen-bond donors (Lipinski definition) is 1. The molecule has 2 atom stereocenters. The number of rotatable bonds is 5. The Hall–Kier alpha value is -1.55. The molecule has 2 aliphatic heterocycles. The first kappa shape index (κ1) is 16.9. The Bertz CT molecular complexity index is 861. The number of β-lactam (4-membered cyclic amide) rings is 1. The number of carboxylic acids is 1. The van der Waals surface area contributed by atoms with Gasteiger partial charge < -0.3 is 9.84 Å². The lowest BCUT2D eigenvalue weighted by atomic mass is 10.1. The average molecular weight is 394 g/mol. The summed E-state index contributed by atoms with van der Waals surface area (Å²) >= 11 is 4.65. The lowest BCUT2D eigenvalue weighted by Gasteiger charge is -2.48. The zero-order valence-corrected chi connectivity index (χ0v) is 15.6. The van der Waals surface area contributed by atoms with Crippen molar-refractivity contribution in [2.45, 2.75) is 15.8 Å². The predicted molar refractivity (Wildman–Crippen MR) is 98.9 cm³/mol. The first-order chi connectivity index (χ1) is 12.1. The molecule has 0 aliphatic carbocycles. The van der Waals surface area contributed by atoms with Crippen LogP contribution in [0.15, 0.2) is 39.9 Å². The fraction of sp³-hybridized carbons (Fsp3) is 0.312. The Balaban J connectivity index is 1.56. The zero-order chi connectivity index (χ0) is 17.6. The molecule has 2 aliphatic rings. The Morgan fingerprint density at radius 3 is 3.00 bits per heavy atom. The fourth-order valence-electron chi connectivity index (χ4n) is 2.90. The molecule has 25 heavy (non-hydrogen) atoms. The van der Waals surface area contributed by atoms with E-state index in [0.29, 0.717) is 11.5 Å². The van der Waals surface area contributed by atoms with Gasteiger partial charge in [0.05, 0.1) is 10.2 Å².